The Morgan fingerprint density at radius 2 is 2.24 bits per heavy atom. The van der Waals surface area contributed by atoms with Crippen LogP contribution in [0.1, 0.15) is 11.3 Å². The van der Waals surface area contributed by atoms with E-state index in [1.165, 1.54) is 4.88 Å². The number of carbonyl (C=O) groups is 2. The van der Waals surface area contributed by atoms with E-state index in [1.807, 2.05) is 12.1 Å². The maximum atomic E-state index is 11.5. The SMILES string of the molecule is O=C(O)C1CC1C(=O)NCCc1ccc(Br)s1. The number of thiophene rings is 1. The number of carbonyl (C=O) groups excluding carboxylic acids is 1. The van der Waals surface area contributed by atoms with Crippen molar-refractivity contribution in [1.29, 1.82) is 0 Å². The van der Waals surface area contributed by atoms with E-state index in [-0.39, 0.29) is 11.8 Å². The van der Waals surface area contributed by atoms with Crippen LogP contribution >= 0.6 is 27.3 Å². The van der Waals surface area contributed by atoms with Crippen molar-refractivity contribution in [1.82, 2.24) is 5.32 Å². The van der Waals surface area contributed by atoms with E-state index >= 15 is 0 Å². The molecular weight excluding hydrogens is 306 g/mol. The number of carboxylic acid groups (broad SMARTS) is 1. The number of rotatable bonds is 5. The van der Waals surface area contributed by atoms with Crippen molar-refractivity contribution in [3.05, 3.63) is 20.8 Å². The zero-order chi connectivity index (χ0) is 12.4. The highest BCUT2D eigenvalue weighted by Crippen LogP contribution is 2.38. The molecule has 4 nitrogen and oxygen atoms in total. The van der Waals surface area contributed by atoms with E-state index in [1.54, 1.807) is 11.3 Å². The molecule has 2 unspecified atom stereocenters. The molecule has 1 saturated carbocycles. The Morgan fingerprint density at radius 1 is 1.47 bits per heavy atom. The van der Waals surface area contributed by atoms with Gasteiger partial charge in [-0.2, -0.15) is 0 Å². The van der Waals surface area contributed by atoms with Crippen LogP contribution in [0, 0.1) is 11.8 Å². The van der Waals surface area contributed by atoms with Gasteiger partial charge < -0.3 is 10.4 Å². The lowest BCUT2D eigenvalue weighted by molar-refractivity contribution is -0.140. The monoisotopic (exact) mass is 317 g/mol. The third kappa shape index (κ3) is 3.29. The Balaban J connectivity index is 1.69. The second-order valence-electron chi connectivity index (χ2n) is 4.03. The van der Waals surface area contributed by atoms with Crippen LogP contribution in [0.25, 0.3) is 0 Å². The summed E-state index contributed by atoms with van der Waals surface area (Å²) < 4.78 is 1.08. The molecule has 0 aliphatic heterocycles. The van der Waals surface area contributed by atoms with Crippen molar-refractivity contribution >= 4 is 39.1 Å². The first-order chi connectivity index (χ1) is 8.08. The number of hydrogen-bond acceptors (Lipinski definition) is 3. The van der Waals surface area contributed by atoms with Gasteiger partial charge in [0, 0.05) is 11.4 Å². The van der Waals surface area contributed by atoms with Crippen molar-refractivity contribution in [3.8, 4) is 0 Å². The molecule has 1 aromatic rings. The van der Waals surface area contributed by atoms with Gasteiger partial charge in [-0.1, -0.05) is 0 Å². The Morgan fingerprint density at radius 3 is 2.76 bits per heavy atom. The third-order valence-electron chi connectivity index (χ3n) is 2.74. The van der Waals surface area contributed by atoms with Crippen molar-refractivity contribution < 1.29 is 14.7 Å². The Labute approximate surface area is 111 Å². The average Bonchev–Trinajstić information content (AvgIpc) is 2.97. The van der Waals surface area contributed by atoms with E-state index in [4.69, 9.17) is 5.11 Å². The number of aliphatic carboxylic acids is 1. The zero-order valence-corrected chi connectivity index (χ0v) is 11.4. The molecule has 1 aliphatic carbocycles. The Kier molecular flexibility index (Phi) is 3.83. The largest absolute Gasteiger partial charge is 0.481 e. The van der Waals surface area contributed by atoms with E-state index in [0.29, 0.717) is 13.0 Å². The van der Waals surface area contributed by atoms with Crippen molar-refractivity contribution in [2.75, 3.05) is 6.54 Å². The molecular formula is C11H12BrNO3S. The molecule has 92 valence electrons. The molecule has 1 aromatic heterocycles. The molecule has 1 aliphatic rings. The van der Waals surface area contributed by atoms with Gasteiger partial charge in [0.1, 0.15) is 0 Å². The summed E-state index contributed by atoms with van der Waals surface area (Å²) in [6.07, 6.45) is 1.26. The molecule has 0 bridgehead atoms. The summed E-state index contributed by atoms with van der Waals surface area (Å²) in [7, 11) is 0. The molecule has 17 heavy (non-hydrogen) atoms. The number of nitrogens with one attached hydrogen (secondary N) is 1. The highest BCUT2D eigenvalue weighted by molar-refractivity contribution is 9.11. The van der Waals surface area contributed by atoms with Crippen molar-refractivity contribution in [2.24, 2.45) is 11.8 Å². The van der Waals surface area contributed by atoms with Gasteiger partial charge in [0.15, 0.2) is 0 Å². The average molecular weight is 318 g/mol. The van der Waals surface area contributed by atoms with Crippen molar-refractivity contribution in [3.63, 3.8) is 0 Å². The predicted molar refractivity (Wildman–Crippen MR) is 68.0 cm³/mol. The Bertz CT molecular complexity index is 446. The molecule has 1 heterocycles. The summed E-state index contributed by atoms with van der Waals surface area (Å²) in [6, 6.07) is 3.99. The first-order valence-electron chi connectivity index (χ1n) is 5.32. The fraction of sp³-hybridized carbons (Fsp3) is 0.455. The summed E-state index contributed by atoms with van der Waals surface area (Å²) in [5.74, 6) is -1.78. The standard InChI is InChI=1S/C11H12BrNO3S/c12-9-2-1-6(17-9)3-4-13-10(14)7-5-8(7)11(15)16/h1-2,7-8H,3-5H2,(H,13,14)(H,15,16). The van der Waals surface area contributed by atoms with Crippen LogP contribution < -0.4 is 5.32 Å². The minimum Gasteiger partial charge on any atom is -0.481 e. The molecule has 2 rings (SSSR count). The van der Waals surface area contributed by atoms with E-state index in [0.717, 1.165) is 10.2 Å². The smallest absolute Gasteiger partial charge is 0.307 e. The molecule has 1 fully saturated rings. The quantitative estimate of drug-likeness (QED) is 0.871. The summed E-state index contributed by atoms with van der Waals surface area (Å²) in [6.45, 7) is 0.564. The summed E-state index contributed by atoms with van der Waals surface area (Å²) >= 11 is 5.02. The van der Waals surface area contributed by atoms with Crippen LogP contribution in [0.5, 0.6) is 0 Å². The number of amides is 1. The highest BCUT2D eigenvalue weighted by Gasteiger charge is 2.48. The van der Waals surface area contributed by atoms with Gasteiger partial charge in [0.25, 0.3) is 0 Å². The first kappa shape index (κ1) is 12.6. The molecule has 1 amide bonds. The van der Waals surface area contributed by atoms with Gasteiger partial charge in [0.2, 0.25) is 5.91 Å². The van der Waals surface area contributed by atoms with E-state index in [2.05, 4.69) is 21.2 Å². The second-order valence-corrected chi connectivity index (χ2v) is 6.58. The topological polar surface area (TPSA) is 66.4 Å². The number of halogens is 1. The lowest BCUT2D eigenvalue weighted by atomic mass is 10.3. The number of hydrogen-bond donors (Lipinski definition) is 2. The van der Waals surface area contributed by atoms with Crippen molar-refractivity contribution in [2.45, 2.75) is 12.8 Å². The summed E-state index contributed by atoms with van der Waals surface area (Å²) in [5.41, 5.74) is 0. The van der Waals surface area contributed by atoms with Gasteiger partial charge in [-0.3, -0.25) is 9.59 Å². The normalized spacial score (nSPS) is 22.2. The molecule has 2 atom stereocenters. The zero-order valence-electron chi connectivity index (χ0n) is 8.98. The maximum Gasteiger partial charge on any atom is 0.307 e. The lowest BCUT2D eigenvalue weighted by Gasteiger charge is -2.02. The Hall–Kier alpha value is -0.880. The fourth-order valence-electron chi connectivity index (χ4n) is 1.68. The summed E-state index contributed by atoms with van der Waals surface area (Å²) in [5, 5.41) is 11.5. The predicted octanol–water partition coefficient (Wildman–Crippen LogP) is 1.89. The number of carboxylic acids is 1. The summed E-state index contributed by atoms with van der Waals surface area (Å²) in [4.78, 5) is 23.3. The van der Waals surface area contributed by atoms with Crippen LogP contribution in [-0.2, 0) is 16.0 Å². The van der Waals surface area contributed by atoms with E-state index in [9.17, 15) is 9.59 Å². The highest BCUT2D eigenvalue weighted by atomic mass is 79.9. The fourth-order valence-corrected chi connectivity index (χ4v) is 3.17. The minimum absolute atomic E-state index is 0.131. The van der Waals surface area contributed by atoms with Crippen LogP contribution in [-0.4, -0.2) is 23.5 Å². The maximum absolute atomic E-state index is 11.5. The van der Waals surface area contributed by atoms with Crippen LogP contribution in [0.4, 0.5) is 0 Å². The minimum atomic E-state index is -0.868. The molecule has 0 aromatic carbocycles. The van der Waals surface area contributed by atoms with Gasteiger partial charge in [-0.25, -0.2) is 0 Å². The van der Waals surface area contributed by atoms with Gasteiger partial charge in [0.05, 0.1) is 15.6 Å². The molecule has 2 N–H and O–H groups in total. The van der Waals surface area contributed by atoms with Crippen LogP contribution in [0.15, 0.2) is 15.9 Å². The lowest BCUT2D eigenvalue weighted by Crippen LogP contribution is -2.28. The van der Waals surface area contributed by atoms with E-state index < -0.39 is 11.9 Å². The molecule has 0 saturated heterocycles. The van der Waals surface area contributed by atoms with Gasteiger partial charge >= 0.3 is 5.97 Å². The first-order valence-corrected chi connectivity index (χ1v) is 6.93. The molecule has 0 spiro atoms. The van der Waals surface area contributed by atoms with Crippen LogP contribution in [0.2, 0.25) is 0 Å². The third-order valence-corrected chi connectivity index (χ3v) is 4.43. The van der Waals surface area contributed by atoms with Crippen LogP contribution in [0.3, 0.4) is 0 Å². The van der Waals surface area contributed by atoms with Gasteiger partial charge in [-0.15, -0.1) is 11.3 Å². The van der Waals surface area contributed by atoms with Gasteiger partial charge in [-0.05, 0) is 40.9 Å². The molecule has 0 radical (unpaired) electrons. The second kappa shape index (κ2) is 5.18. The molecule has 6 heteroatoms.